The zero-order chi connectivity index (χ0) is 9.68. The fourth-order valence-electron chi connectivity index (χ4n) is 0.786. The van der Waals surface area contributed by atoms with E-state index in [-0.39, 0.29) is 5.91 Å². The third-order valence-corrected chi connectivity index (χ3v) is 1.59. The van der Waals surface area contributed by atoms with E-state index >= 15 is 0 Å². The van der Waals surface area contributed by atoms with E-state index in [4.69, 9.17) is 0 Å². The zero-order valence-corrected chi connectivity index (χ0v) is 7.78. The maximum atomic E-state index is 11.1. The average molecular weight is 183 g/mol. The van der Waals surface area contributed by atoms with Gasteiger partial charge in [0.2, 0.25) is 5.91 Å². The first kappa shape index (κ1) is 9.73. The molecule has 5 heteroatoms. The van der Waals surface area contributed by atoms with E-state index in [1.54, 1.807) is 31.5 Å². The molecule has 1 rings (SSSR count). The van der Waals surface area contributed by atoms with Crippen LogP contribution >= 0.6 is 0 Å². The Labute approximate surface area is 76.7 Å². The summed E-state index contributed by atoms with van der Waals surface area (Å²) >= 11 is 0. The average Bonchev–Trinajstić information content (AvgIpc) is 2.56. The molecule has 0 fully saturated rings. The molecular weight excluding hydrogens is 170 g/mol. The molecule has 0 aliphatic rings. The summed E-state index contributed by atoms with van der Waals surface area (Å²) in [6.07, 6.45) is 3.17. The van der Waals surface area contributed by atoms with Crippen LogP contribution in [0.3, 0.4) is 0 Å². The fraction of sp³-hybridized carbons (Fsp3) is 0.500. The van der Waals surface area contributed by atoms with Crippen molar-refractivity contribution in [2.45, 2.75) is 6.54 Å². The second-order valence-corrected chi connectivity index (χ2v) is 2.92. The molecule has 1 aromatic rings. The highest BCUT2D eigenvalue weighted by atomic mass is 16.5. The van der Waals surface area contributed by atoms with Crippen LogP contribution in [0.1, 0.15) is 5.56 Å². The molecule has 0 spiro atoms. The lowest BCUT2D eigenvalue weighted by Crippen LogP contribution is -2.32. The first-order valence-corrected chi connectivity index (χ1v) is 3.99. The summed E-state index contributed by atoms with van der Waals surface area (Å²) in [5.41, 5.74) is 0.937. The first-order chi connectivity index (χ1) is 6.20. The van der Waals surface area contributed by atoms with Crippen LogP contribution in [0, 0.1) is 0 Å². The third kappa shape index (κ3) is 3.25. The van der Waals surface area contributed by atoms with Crippen molar-refractivity contribution < 1.29 is 9.32 Å². The molecule has 72 valence electrons. The second kappa shape index (κ2) is 4.61. The smallest absolute Gasteiger partial charge is 0.236 e. The first-order valence-electron chi connectivity index (χ1n) is 3.99. The van der Waals surface area contributed by atoms with Crippen LogP contribution in [0.25, 0.3) is 0 Å². The largest absolute Gasteiger partial charge is 0.364 e. The summed E-state index contributed by atoms with van der Waals surface area (Å²) in [6.45, 7) is 0.932. The predicted molar refractivity (Wildman–Crippen MR) is 46.9 cm³/mol. The van der Waals surface area contributed by atoms with Crippen LogP contribution in [-0.2, 0) is 11.3 Å². The van der Waals surface area contributed by atoms with Crippen LogP contribution in [0.4, 0.5) is 0 Å². The van der Waals surface area contributed by atoms with Crippen molar-refractivity contribution in [2.24, 2.45) is 0 Å². The lowest BCUT2D eigenvalue weighted by molar-refractivity contribution is -0.127. The highest BCUT2D eigenvalue weighted by molar-refractivity contribution is 5.77. The zero-order valence-electron chi connectivity index (χ0n) is 7.78. The van der Waals surface area contributed by atoms with Crippen molar-refractivity contribution in [1.82, 2.24) is 15.4 Å². The molecule has 1 aromatic heterocycles. The topological polar surface area (TPSA) is 58.4 Å². The van der Waals surface area contributed by atoms with Gasteiger partial charge in [0, 0.05) is 26.2 Å². The Morgan fingerprint density at radius 3 is 3.00 bits per heavy atom. The molecule has 0 radical (unpaired) electrons. The number of hydrogen-bond acceptors (Lipinski definition) is 4. The highest BCUT2D eigenvalue weighted by Gasteiger charge is 2.02. The van der Waals surface area contributed by atoms with Gasteiger partial charge in [0.05, 0.1) is 12.7 Å². The van der Waals surface area contributed by atoms with E-state index in [0.717, 1.165) is 5.56 Å². The molecule has 0 saturated carbocycles. The molecule has 0 saturated heterocycles. The number of amides is 1. The summed E-state index contributed by atoms with van der Waals surface area (Å²) in [4.78, 5) is 12.6. The summed E-state index contributed by atoms with van der Waals surface area (Å²) in [7, 11) is 3.45. The second-order valence-electron chi connectivity index (χ2n) is 2.92. The number of carbonyl (C=O) groups is 1. The molecule has 0 atom stereocenters. The normalized spacial score (nSPS) is 10.0. The van der Waals surface area contributed by atoms with Gasteiger partial charge in [-0.05, 0) is 0 Å². The maximum Gasteiger partial charge on any atom is 0.236 e. The fourth-order valence-corrected chi connectivity index (χ4v) is 0.786. The molecule has 5 nitrogen and oxygen atoms in total. The van der Waals surface area contributed by atoms with Gasteiger partial charge in [-0.15, -0.1) is 0 Å². The number of likely N-dealkylation sites (N-methyl/N-ethyl adjacent to an activating group) is 1. The van der Waals surface area contributed by atoms with Gasteiger partial charge < -0.3 is 14.7 Å². The van der Waals surface area contributed by atoms with Crippen molar-refractivity contribution in [1.29, 1.82) is 0 Å². The molecular formula is C8H13N3O2. The number of hydrogen-bond donors (Lipinski definition) is 1. The van der Waals surface area contributed by atoms with Crippen molar-refractivity contribution in [3.63, 3.8) is 0 Å². The predicted octanol–water partition coefficient (Wildman–Crippen LogP) is -0.148. The van der Waals surface area contributed by atoms with Crippen LogP contribution < -0.4 is 5.32 Å². The number of carbonyl (C=O) groups excluding carboxylic acids is 1. The van der Waals surface area contributed by atoms with Gasteiger partial charge in [-0.3, -0.25) is 4.79 Å². The molecule has 0 bridgehead atoms. The Hall–Kier alpha value is -1.36. The standard InChI is InChI=1S/C8H13N3O2/c1-11(2)8(12)5-9-3-7-4-10-13-6-7/h4,6,9H,3,5H2,1-2H3. The van der Waals surface area contributed by atoms with Gasteiger partial charge in [0.1, 0.15) is 6.26 Å². The lowest BCUT2D eigenvalue weighted by atomic mass is 10.3. The summed E-state index contributed by atoms with van der Waals surface area (Å²) in [5.74, 6) is 0.0523. The van der Waals surface area contributed by atoms with E-state index < -0.39 is 0 Å². The van der Waals surface area contributed by atoms with Crippen molar-refractivity contribution in [3.8, 4) is 0 Å². The quantitative estimate of drug-likeness (QED) is 0.705. The minimum Gasteiger partial charge on any atom is -0.364 e. The molecule has 1 amide bonds. The number of nitrogens with one attached hydrogen (secondary N) is 1. The Balaban J connectivity index is 2.18. The Bertz CT molecular complexity index is 256. The minimum absolute atomic E-state index is 0.0523. The lowest BCUT2D eigenvalue weighted by Gasteiger charge is -2.09. The molecule has 0 aliphatic carbocycles. The summed E-state index contributed by atoms with van der Waals surface area (Å²) < 4.78 is 4.63. The monoisotopic (exact) mass is 183 g/mol. The molecule has 0 aliphatic heterocycles. The van der Waals surface area contributed by atoms with Gasteiger partial charge in [-0.2, -0.15) is 0 Å². The Morgan fingerprint density at radius 2 is 2.46 bits per heavy atom. The van der Waals surface area contributed by atoms with E-state index in [0.29, 0.717) is 13.1 Å². The highest BCUT2D eigenvalue weighted by Crippen LogP contribution is 1.94. The Morgan fingerprint density at radius 1 is 1.69 bits per heavy atom. The van der Waals surface area contributed by atoms with Crippen molar-refractivity contribution in [2.75, 3.05) is 20.6 Å². The van der Waals surface area contributed by atoms with E-state index in [1.165, 1.54) is 0 Å². The SMILES string of the molecule is CN(C)C(=O)CNCc1cnoc1. The van der Waals surface area contributed by atoms with Gasteiger partial charge in [0.15, 0.2) is 0 Å². The third-order valence-electron chi connectivity index (χ3n) is 1.59. The van der Waals surface area contributed by atoms with Gasteiger partial charge in [-0.25, -0.2) is 0 Å². The van der Waals surface area contributed by atoms with Crippen LogP contribution in [-0.4, -0.2) is 36.6 Å². The molecule has 13 heavy (non-hydrogen) atoms. The Kier molecular flexibility index (Phi) is 3.45. The molecule has 1 N–H and O–H groups in total. The molecule has 0 aromatic carbocycles. The van der Waals surface area contributed by atoms with Gasteiger partial charge >= 0.3 is 0 Å². The van der Waals surface area contributed by atoms with E-state index in [2.05, 4.69) is 15.0 Å². The molecule has 1 heterocycles. The number of nitrogens with zero attached hydrogens (tertiary/aromatic N) is 2. The molecule has 0 unspecified atom stereocenters. The number of aromatic nitrogens is 1. The van der Waals surface area contributed by atoms with E-state index in [9.17, 15) is 4.79 Å². The van der Waals surface area contributed by atoms with Crippen molar-refractivity contribution >= 4 is 5.91 Å². The summed E-state index contributed by atoms with van der Waals surface area (Å²) in [6, 6.07) is 0. The van der Waals surface area contributed by atoms with Crippen LogP contribution in [0.2, 0.25) is 0 Å². The van der Waals surface area contributed by atoms with Gasteiger partial charge in [-0.1, -0.05) is 5.16 Å². The van der Waals surface area contributed by atoms with Crippen LogP contribution in [0.15, 0.2) is 17.0 Å². The number of rotatable bonds is 4. The van der Waals surface area contributed by atoms with Gasteiger partial charge in [0.25, 0.3) is 0 Å². The maximum absolute atomic E-state index is 11.1. The minimum atomic E-state index is 0.0523. The summed E-state index contributed by atoms with van der Waals surface area (Å²) in [5, 5.41) is 6.52. The van der Waals surface area contributed by atoms with Crippen molar-refractivity contribution in [3.05, 3.63) is 18.0 Å². The van der Waals surface area contributed by atoms with E-state index in [1.807, 2.05) is 0 Å². The van der Waals surface area contributed by atoms with Crippen LogP contribution in [0.5, 0.6) is 0 Å².